The molecule has 1 fully saturated rings. The van der Waals surface area contributed by atoms with Crippen LogP contribution in [0.2, 0.25) is 10.0 Å². The van der Waals surface area contributed by atoms with Gasteiger partial charge in [0.15, 0.2) is 11.9 Å². The van der Waals surface area contributed by atoms with Gasteiger partial charge in [-0.15, -0.1) is 0 Å². The van der Waals surface area contributed by atoms with Crippen molar-refractivity contribution < 1.29 is 24.2 Å². The van der Waals surface area contributed by atoms with Crippen molar-refractivity contribution in [1.29, 1.82) is 5.41 Å². The SMILES string of the molecule is N=C=C=NC=C=C=NC(=O)[C@@H](Cc1cc(Cl)c(O)c(Cl)c1)OC(=O)N1CCC(N2CCc3ccccc3NC2=O)CC1. The summed E-state index contributed by atoms with van der Waals surface area (Å²) in [6.07, 6.45) is 0.674. The maximum atomic E-state index is 13.1. The fourth-order valence-electron chi connectivity index (χ4n) is 4.71. The fraction of sp³-hybridized carbons (Fsp3) is 0.310. The van der Waals surface area contributed by atoms with E-state index < -0.39 is 18.1 Å². The van der Waals surface area contributed by atoms with Crippen molar-refractivity contribution in [1.82, 2.24) is 9.80 Å². The van der Waals surface area contributed by atoms with Crippen LogP contribution in [0, 0.1) is 5.41 Å². The number of ether oxygens (including phenoxy) is 1. The number of carbonyl (C=O) groups excluding carboxylic acids is 3. The molecule has 0 radical (unpaired) electrons. The number of rotatable bonds is 6. The third-order valence-electron chi connectivity index (χ3n) is 6.80. The Hall–Kier alpha value is -4.58. The van der Waals surface area contributed by atoms with E-state index in [0.29, 0.717) is 38.0 Å². The number of benzene rings is 2. The lowest BCUT2D eigenvalue weighted by Crippen LogP contribution is -2.50. The molecular weight excluding hydrogens is 583 g/mol. The third-order valence-corrected chi connectivity index (χ3v) is 7.38. The third kappa shape index (κ3) is 7.78. The van der Waals surface area contributed by atoms with Crippen molar-refractivity contribution in [3.63, 3.8) is 0 Å². The molecule has 0 bridgehead atoms. The highest BCUT2D eigenvalue weighted by Crippen LogP contribution is 2.33. The molecule has 42 heavy (non-hydrogen) atoms. The summed E-state index contributed by atoms with van der Waals surface area (Å²) in [5, 5.41) is 19.5. The lowest BCUT2D eigenvalue weighted by molar-refractivity contribution is -0.126. The van der Waals surface area contributed by atoms with Crippen molar-refractivity contribution in [3.8, 4) is 5.75 Å². The van der Waals surface area contributed by atoms with Gasteiger partial charge in [-0.2, -0.15) is 9.98 Å². The number of nitrogens with one attached hydrogen (secondary N) is 2. The Bertz CT molecular complexity index is 1540. The van der Waals surface area contributed by atoms with Crippen LogP contribution in [-0.2, 0) is 22.4 Å². The first-order chi connectivity index (χ1) is 20.3. The average molecular weight is 609 g/mol. The number of phenols is 1. The zero-order chi connectivity index (χ0) is 30.1. The molecule has 0 aliphatic carbocycles. The predicted molar refractivity (Wildman–Crippen MR) is 158 cm³/mol. The van der Waals surface area contributed by atoms with Gasteiger partial charge in [-0.3, -0.25) is 4.79 Å². The molecule has 2 heterocycles. The summed E-state index contributed by atoms with van der Waals surface area (Å²) in [6, 6.07) is 10.3. The molecule has 2 aromatic rings. The van der Waals surface area contributed by atoms with Crippen molar-refractivity contribution in [2.75, 3.05) is 25.0 Å². The van der Waals surface area contributed by atoms with E-state index in [1.54, 1.807) is 0 Å². The lowest BCUT2D eigenvalue weighted by Gasteiger charge is -2.37. The number of hydrogen-bond donors (Lipinski definition) is 3. The van der Waals surface area contributed by atoms with Crippen LogP contribution >= 0.6 is 23.2 Å². The molecule has 0 saturated carbocycles. The van der Waals surface area contributed by atoms with E-state index in [2.05, 4.69) is 32.8 Å². The Labute approximate surface area is 251 Å². The second-order valence-electron chi connectivity index (χ2n) is 9.43. The van der Waals surface area contributed by atoms with E-state index in [1.807, 2.05) is 35.0 Å². The van der Waals surface area contributed by atoms with Gasteiger partial charge in [-0.25, -0.2) is 15.0 Å². The van der Waals surface area contributed by atoms with Gasteiger partial charge in [0.2, 0.25) is 0 Å². The number of urea groups is 1. The topological polar surface area (TPSA) is 148 Å². The highest BCUT2D eigenvalue weighted by molar-refractivity contribution is 6.37. The van der Waals surface area contributed by atoms with Gasteiger partial charge in [-0.1, -0.05) is 41.4 Å². The number of fused-ring (bicyclic) bond motifs is 1. The zero-order valence-electron chi connectivity index (χ0n) is 22.3. The van der Waals surface area contributed by atoms with E-state index in [9.17, 15) is 19.5 Å². The van der Waals surface area contributed by atoms with Crippen LogP contribution in [0.4, 0.5) is 15.3 Å². The average Bonchev–Trinajstić information content (AvgIpc) is 3.15. The number of aromatic hydroxyl groups is 1. The standard InChI is InChI=1S/C29H26Cl2N6O5/c30-22-16-19(17-23(31)26(22)38)18-25(27(39)34-11-3-10-33-12-9-32)42-29(41)36-13-7-21(8-14-36)37-15-6-20-4-1-2-5-24(20)35-28(37)40/h1-2,4-5,10,16-17,21,25,32,38H,6-8,13-15,18H2,(H,35,40)/t25-/m1/s1. The Morgan fingerprint density at radius 1 is 1.17 bits per heavy atom. The Morgan fingerprint density at radius 3 is 2.60 bits per heavy atom. The lowest BCUT2D eigenvalue weighted by atomic mass is 10.0. The molecular formula is C29H26Cl2N6O5. The van der Waals surface area contributed by atoms with Crippen molar-refractivity contribution >= 4 is 64.5 Å². The quantitative estimate of drug-likeness (QED) is 0.323. The van der Waals surface area contributed by atoms with Gasteiger partial charge >= 0.3 is 12.1 Å². The first kappa shape index (κ1) is 30.4. The van der Waals surface area contributed by atoms with E-state index in [-0.39, 0.29) is 34.3 Å². The van der Waals surface area contributed by atoms with Gasteiger partial charge in [0.25, 0.3) is 5.91 Å². The fourth-order valence-corrected chi connectivity index (χ4v) is 5.24. The highest BCUT2D eigenvalue weighted by Gasteiger charge is 2.33. The summed E-state index contributed by atoms with van der Waals surface area (Å²) in [6.45, 7) is 1.21. The molecule has 11 nitrogen and oxygen atoms in total. The molecule has 13 heteroatoms. The molecule has 3 N–H and O–H groups in total. The van der Waals surface area contributed by atoms with Crippen LogP contribution in [0.3, 0.4) is 0 Å². The van der Waals surface area contributed by atoms with Crippen LogP contribution in [0.15, 0.2) is 58.3 Å². The van der Waals surface area contributed by atoms with Crippen molar-refractivity contribution in [2.45, 2.75) is 37.8 Å². The molecule has 4 rings (SSSR count). The van der Waals surface area contributed by atoms with Gasteiger partial charge in [-0.05, 0) is 54.3 Å². The number of piperidine rings is 1. The molecule has 0 unspecified atom stereocenters. The number of likely N-dealkylation sites (tertiary alicyclic amines) is 1. The number of phenolic OH excluding ortho intramolecular Hbond substituents is 1. The number of anilines is 1. The monoisotopic (exact) mass is 608 g/mol. The highest BCUT2D eigenvalue weighted by atomic mass is 35.5. The Kier molecular flexibility index (Phi) is 10.4. The van der Waals surface area contributed by atoms with Gasteiger partial charge < -0.3 is 25.0 Å². The first-order valence-electron chi connectivity index (χ1n) is 13.0. The molecule has 2 aliphatic rings. The van der Waals surface area contributed by atoms with E-state index in [1.165, 1.54) is 17.0 Å². The summed E-state index contributed by atoms with van der Waals surface area (Å²) in [7, 11) is 0. The van der Waals surface area contributed by atoms with Gasteiger partial charge in [0, 0.05) is 43.7 Å². The smallest absolute Gasteiger partial charge is 0.410 e. The number of nitrogens with zero attached hydrogens (tertiary/aromatic N) is 4. The van der Waals surface area contributed by atoms with Gasteiger partial charge in [0.05, 0.1) is 28.0 Å². The van der Waals surface area contributed by atoms with Crippen LogP contribution in [0.25, 0.3) is 0 Å². The normalized spacial score (nSPS) is 15.3. The van der Waals surface area contributed by atoms with Crippen LogP contribution in [-0.4, -0.2) is 82.3 Å². The van der Waals surface area contributed by atoms with E-state index in [0.717, 1.165) is 23.9 Å². The minimum Gasteiger partial charge on any atom is -0.505 e. The molecule has 1 saturated heterocycles. The predicted octanol–water partition coefficient (Wildman–Crippen LogP) is 4.64. The van der Waals surface area contributed by atoms with Gasteiger partial charge in [0.1, 0.15) is 0 Å². The molecule has 0 aromatic heterocycles. The Morgan fingerprint density at radius 2 is 1.88 bits per heavy atom. The Balaban J connectivity index is 1.43. The first-order valence-corrected chi connectivity index (χ1v) is 13.7. The molecule has 4 amide bonds. The zero-order valence-corrected chi connectivity index (χ0v) is 23.8. The summed E-state index contributed by atoms with van der Waals surface area (Å²) in [5.41, 5.74) is 4.69. The summed E-state index contributed by atoms with van der Waals surface area (Å²) >= 11 is 12.1. The van der Waals surface area contributed by atoms with Crippen molar-refractivity contribution in [2.24, 2.45) is 9.98 Å². The summed E-state index contributed by atoms with van der Waals surface area (Å²) < 4.78 is 5.58. The molecule has 0 spiro atoms. The van der Waals surface area contributed by atoms with E-state index >= 15 is 0 Å². The minimum atomic E-state index is -1.36. The summed E-state index contributed by atoms with van der Waals surface area (Å²) in [4.78, 5) is 49.3. The number of para-hydroxylation sites is 1. The number of hydrogen-bond acceptors (Lipinski definition) is 7. The second-order valence-corrected chi connectivity index (χ2v) is 10.2. The number of carbonyl (C=O) groups is 3. The second kappa shape index (κ2) is 14.4. The molecule has 216 valence electrons. The van der Waals surface area contributed by atoms with Crippen LogP contribution in [0.1, 0.15) is 24.0 Å². The minimum absolute atomic E-state index is 0.0267. The number of aliphatic imine (C=N–C) groups is 2. The molecule has 2 aromatic carbocycles. The maximum Gasteiger partial charge on any atom is 0.410 e. The van der Waals surface area contributed by atoms with Crippen molar-refractivity contribution in [3.05, 3.63) is 69.5 Å². The largest absolute Gasteiger partial charge is 0.505 e. The van der Waals surface area contributed by atoms with Crippen LogP contribution in [0.5, 0.6) is 5.75 Å². The maximum absolute atomic E-state index is 13.1. The molecule has 1 atom stereocenters. The summed E-state index contributed by atoms with van der Waals surface area (Å²) in [5.74, 6) is 5.06. The van der Waals surface area contributed by atoms with Crippen LogP contribution < -0.4 is 5.32 Å². The molecule has 2 aliphatic heterocycles. The number of amides is 4. The van der Waals surface area contributed by atoms with E-state index in [4.69, 9.17) is 33.3 Å². The number of halogens is 2.